The van der Waals surface area contributed by atoms with Gasteiger partial charge in [-0.1, -0.05) is 0 Å². The summed E-state index contributed by atoms with van der Waals surface area (Å²) < 4.78 is 10.8. The number of H-pyrrole nitrogens is 1. The third kappa shape index (κ3) is 2.35. The van der Waals surface area contributed by atoms with Crippen LogP contribution in [-0.2, 0) is 0 Å². The lowest BCUT2D eigenvalue weighted by Gasteiger charge is -2.18. The van der Waals surface area contributed by atoms with E-state index in [4.69, 9.17) is 9.47 Å². The molecule has 1 aliphatic heterocycles. The fraction of sp³-hybridized carbons (Fsp3) is 0.143. The van der Waals surface area contributed by atoms with Crippen molar-refractivity contribution < 1.29 is 14.3 Å². The summed E-state index contributed by atoms with van der Waals surface area (Å²) in [7, 11) is 0. The Morgan fingerprint density at radius 3 is 2.75 bits per heavy atom. The summed E-state index contributed by atoms with van der Waals surface area (Å²) in [6.07, 6.45) is 2.85. The van der Waals surface area contributed by atoms with Crippen LogP contribution in [0.15, 0.2) is 41.5 Å². The molecule has 2 aromatic rings. The van der Waals surface area contributed by atoms with E-state index in [2.05, 4.69) is 10.3 Å². The summed E-state index contributed by atoms with van der Waals surface area (Å²) >= 11 is 0. The van der Waals surface area contributed by atoms with Crippen LogP contribution in [0.25, 0.3) is 0 Å². The lowest BCUT2D eigenvalue weighted by atomic mass is 10.2. The number of benzene rings is 1. The van der Waals surface area contributed by atoms with E-state index in [9.17, 15) is 9.59 Å². The fourth-order valence-electron chi connectivity index (χ4n) is 1.91. The number of fused-ring (bicyclic) bond motifs is 1. The second kappa shape index (κ2) is 5.08. The van der Waals surface area contributed by atoms with Crippen molar-refractivity contribution in [1.82, 2.24) is 4.98 Å². The molecule has 3 rings (SSSR count). The maximum Gasteiger partial charge on any atom is 0.261 e. The van der Waals surface area contributed by atoms with E-state index < -0.39 is 5.91 Å². The molecule has 0 bridgehead atoms. The summed E-state index contributed by atoms with van der Waals surface area (Å²) in [5, 5.41) is 2.65. The molecular weight excluding hydrogens is 260 g/mol. The van der Waals surface area contributed by atoms with Crippen LogP contribution in [0.3, 0.4) is 0 Å². The molecule has 0 atom stereocenters. The average molecular weight is 272 g/mol. The van der Waals surface area contributed by atoms with Crippen LogP contribution in [0.5, 0.6) is 11.5 Å². The monoisotopic (exact) mass is 272 g/mol. The molecule has 0 saturated carbocycles. The molecule has 0 radical (unpaired) electrons. The van der Waals surface area contributed by atoms with Crippen LogP contribution in [-0.4, -0.2) is 24.1 Å². The number of hydrogen-bond donors (Lipinski definition) is 2. The molecule has 2 heterocycles. The highest BCUT2D eigenvalue weighted by molar-refractivity contribution is 6.04. The van der Waals surface area contributed by atoms with Crippen LogP contribution >= 0.6 is 0 Å². The van der Waals surface area contributed by atoms with Gasteiger partial charge in [-0.3, -0.25) is 9.59 Å². The Morgan fingerprint density at radius 1 is 1.15 bits per heavy atom. The van der Waals surface area contributed by atoms with Gasteiger partial charge in [-0.25, -0.2) is 0 Å². The van der Waals surface area contributed by atoms with Gasteiger partial charge in [-0.2, -0.15) is 0 Å². The first-order chi connectivity index (χ1) is 9.74. The predicted octanol–water partition coefficient (Wildman–Crippen LogP) is 1.40. The number of pyridine rings is 1. The first-order valence-electron chi connectivity index (χ1n) is 6.12. The number of aromatic nitrogens is 1. The molecular formula is C14H12N2O4. The molecule has 1 aromatic heterocycles. The Kier molecular flexibility index (Phi) is 3.12. The SMILES string of the molecule is O=C(Nc1ccc2c(c1)OCCO2)c1c[nH]ccc1=O. The van der Waals surface area contributed by atoms with Crippen molar-refractivity contribution in [2.24, 2.45) is 0 Å². The minimum atomic E-state index is -0.469. The molecule has 20 heavy (non-hydrogen) atoms. The summed E-state index contributed by atoms with van der Waals surface area (Å²) in [4.78, 5) is 26.3. The van der Waals surface area contributed by atoms with E-state index in [0.717, 1.165) is 0 Å². The summed E-state index contributed by atoms with van der Waals surface area (Å²) in [6.45, 7) is 0.987. The largest absolute Gasteiger partial charge is 0.486 e. The lowest BCUT2D eigenvalue weighted by Crippen LogP contribution is -2.21. The second-order valence-corrected chi connectivity index (χ2v) is 4.23. The van der Waals surface area contributed by atoms with E-state index in [1.165, 1.54) is 18.5 Å². The van der Waals surface area contributed by atoms with Gasteiger partial charge in [0, 0.05) is 30.2 Å². The second-order valence-electron chi connectivity index (χ2n) is 4.23. The number of hydrogen-bond acceptors (Lipinski definition) is 4. The molecule has 0 aliphatic carbocycles. The molecule has 2 N–H and O–H groups in total. The maximum absolute atomic E-state index is 12.0. The molecule has 0 fully saturated rings. The van der Waals surface area contributed by atoms with E-state index in [0.29, 0.717) is 30.4 Å². The zero-order chi connectivity index (χ0) is 13.9. The topological polar surface area (TPSA) is 80.4 Å². The van der Waals surface area contributed by atoms with Gasteiger partial charge in [0.05, 0.1) is 0 Å². The van der Waals surface area contributed by atoms with Gasteiger partial charge in [0.1, 0.15) is 18.8 Å². The molecule has 1 amide bonds. The fourth-order valence-corrected chi connectivity index (χ4v) is 1.91. The zero-order valence-corrected chi connectivity index (χ0v) is 10.5. The third-order valence-electron chi connectivity index (χ3n) is 2.87. The Bertz CT molecular complexity index is 708. The van der Waals surface area contributed by atoms with Crippen molar-refractivity contribution in [2.45, 2.75) is 0 Å². The highest BCUT2D eigenvalue weighted by Gasteiger charge is 2.14. The van der Waals surface area contributed by atoms with E-state index >= 15 is 0 Å². The number of anilines is 1. The van der Waals surface area contributed by atoms with E-state index in [1.54, 1.807) is 18.2 Å². The van der Waals surface area contributed by atoms with Gasteiger partial charge in [0.25, 0.3) is 5.91 Å². The van der Waals surface area contributed by atoms with Crippen molar-refractivity contribution in [1.29, 1.82) is 0 Å². The standard InChI is InChI=1S/C14H12N2O4/c17-11-3-4-15-8-10(11)14(18)16-9-1-2-12-13(7-9)20-6-5-19-12/h1-4,7-8H,5-6H2,(H,15,17)(H,16,18). The third-order valence-corrected chi connectivity index (χ3v) is 2.87. The minimum absolute atomic E-state index is 0.0578. The van der Waals surface area contributed by atoms with Crippen LogP contribution < -0.4 is 20.2 Å². The van der Waals surface area contributed by atoms with Gasteiger partial charge in [0.2, 0.25) is 0 Å². The normalized spacial score (nSPS) is 12.8. The maximum atomic E-state index is 12.0. The molecule has 0 unspecified atom stereocenters. The van der Waals surface area contributed by atoms with Crippen LogP contribution in [0, 0.1) is 0 Å². The average Bonchev–Trinajstić information content (AvgIpc) is 2.47. The molecule has 0 spiro atoms. The first-order valence-corrected chi connectivity index (χ1v) is 6.12. The highest BCUT2D eigenvalue weighted by atomic mass is 16.6. The van der Waals surface area contributed by atoms with Crippen molar-refractivity contribution in [3.05, 3.63) is 52.4 Å². The van der Waals surface area contributed by atoms with Crippen molar-refractivity contribution >= 4 is 11.6 Å². The molecule has 6 heteroatoms. The van der Waals surface area contributed by atoms with Gasteiger partial charge in [-0.15, -0.1) is 0 Å². The first kappa shape index (κ1) is 12.3. The number of rotatable bonds is 2. The van der Waals surface area contributed by atoms with Crippen LogP contribution in [0.1, 0.15) is 10.4 Å². The molecule has 1 aromatic carbocycles. The van der Waals surface area contributed by atoms with Crippen LogP contribution in [0.4, 0.5) is 5.69 Å². The van der Waals surface area contributed by atoms with Gasteiger partial charge < -0.3 is 19.8 Å². The number of nitrogens with one attached hydrogen (secondary N) is 2. The number of aromatic amines is 1. The molecule has 1 aliphatic rings. The number of ether oxygens (including phenoxy) is 2. The van der Waals surface area contributed by atoms with E-state index in [-0.39, 0.29) is 11.0 Å². The van der Waals surface area contributed by atoms with Gasteiger partial charge in [0.15, 0.2) is 16.9 Å². The number of carbonyl (C=O) groups excluding carboxylic acids is 1. The Hall–Kier alpha value is -2.76. The lowest BCUT2D eigenvalue weighted by molar-refractivity contribution is 0.102. The van der Waals surface area contributed by atoms with Gasteiger partial charge in [-0.05, 0) is 12.1 Å². The van der Waals surface area contributed by atoms with Crippen molar-refractivity contribution in [3.8, 4) is 11.5 Å². The molecule has 102 valence electrons. The van der Waals surface area contributed by atoms with Crippen LogP contribution in [0.2, 0.25) is 0 Å². The summed E-state index contributed by atoms with van der Waals surface area (Å²) in [5.74, 6) is 0.756. The summed E-state index contributed by atoms with van der Waals surface area (Å²) in [5.41, 5.74) is 0.267. The predicted molar refractivity (Wildman–Crippen MR) is 72.4 cm³/mol. The Labute approximate surface area is 114 Å². The van der Waals surface area contributed by atoms with Crippen molar-refractivity contribution in [3.63, 3.8) is 0 Å². The molecule has 0 saturated heterocycles. The molecule has 6 nitrogen and oxygen atoms in total. The number of carbonyl (C=O) groups is 1. The number of amides is 1. The minimum Gasteiger partial charge on any atom is -0.486 e. The van der Waals surface area contributed by atoms with Crippen molar-refractivity contribution in [2.75, 3.05) is 18.5 Å². The van der Waals surface area contributed by atoms with Gasteiger partial charge >= 0.3 is 0 Å². The van der Waals surface area contributed by atoms with E-state index in [1.807, 2.05) is 0 Å². The Balaban J connectivity index is 1.83. The highest BCUT2D eigenvalue weighted by Crippen LogP contribution is 2.32. The smallest absolute Gasteiger partial charge is 0.261 e. The Morgan fingerprint density at radius 2 is 1.95 bits per heavy atom. The summed E-state index contributed by atoms with van der Waals surface area (Å²) in [6, 6.07) is 6.39. The quantitative estimate of drug-likeness (QED) is 0.866. The zero-order valence-electron chi connectivity index (χ0n) is 10.5.